The molecule has 0 heterocycles. The van der Waals surface area contributed by atoms with Crippen LogP contribution >= 0.6 is 15.9 Å². The standard InChI is InChI=1S/C14H15BrN2O/c1-9-5-10(15)3-4-14(9)17-12-6-11(16)7-13(8-12)18-2/h3-8,17H,16H2,1-2H3. The van der Waals surface area contributed by atoms with Crippen molar-refractivity contribution >= 4 is 33.0 Å². The molecular weight excluding hydrogens is 292 g/mol. The zero-order valence-corrected chi connectivity index (χ0v) is 11.9. The van der Waals surface area contributed by atoms with E-state index in [4.69, 9.17) is 10.5 Å². The van der Waals surface area contributed by atoms with Gasteiger partial charge in [-0.1, -0.05) is 15.9 Å². The molecule has 4 heteroatoms. The highest BCUT2D eigenvalue weighted by molar-refractivity contribution is 9.10. The maximum Gasteiger partial charge on any atom is 0.122 e. The maximum atomic E-state index is 5.82. The van der Waals surface area contributed by atoms with Crippen LogP contribution in [0.25, 0.3) is 0 Å². The third-order valence-corrected chi connectivity index (χ3v) is 3.13. The van der Waals surface area contributed by atoms with Gasteiger partial charge in [0.1, 0.15) is 5.75 Å². The largest absolute Gasteiger partial charge is 0.497 e. The molecule has 2 aromatic rings. The smallest absolute Gasteiger partial charge is 0.122 e. The molecule has 0 aromatic heterocycles. The number of benzene rings is 2. The first-order valence-electron chi connectivity index (χ1n) is 5.56. The summed E-state index contributed by atoms with van der Waals surface area (Å²) in [5, 5.41) is 3.33. The van der Waals surface area contributed by atoms with Crippen molar-refractivity contribution in [3.05, 3.63) is 46.4 Å². The number of anilines is 3. The molecule has 0 amide bonds. The van der Waals surface area contributed by atoms with E-state index in [1.165, 1.54) is 0 Å². The molecule has 94 valence electrons. The van der Waals surface area contributed by atoms with Gasteiger partial charge in [-0.2, -0.15) is 0 Å². The quantitative estimate of drug-likeness (QED) is 0.840. The highest BCUT2D eigenvalue weighted by Crippen LogP contribution is 2.27. The lowest BCUT2D eigenvalue weighted by Crippen LogP contribution is -1.96. The summed E-state index contributed by atoms with van der Waals surface area (Å²) in [6, 6.07) is 11.7. The van der Waals surface area contributed by atoms with Crippen molar-refractivity contribution in [2.75, 3.05) is 18.2 Å². The topological polar surface area (TPSA) is 47.3 Å². The molecule has 0 atom stereocenters. The van der Waals surface area contributed by atoms with Gasteiger partial charge in [-0.25, -0.2) is 0 Å². The first-order chi connectivity index (χ1) is 8.58. The number of rotatable bonds is 3. The summed E-state index contributed by atoms with van der Waals surface area (Å²) < 4.78 is 6.26. The monoisotopic (exact) mass is 306 g/mol. The van der Waals surface area contributed by atoms with E-state index in [-0.39, 0.29) is 0 Å². The molecule has 0 aliphatic carbocycles. The van der Waals surface area contributed by atoms with Gasteiger partial charge in [0.25, 0.3) is 0 Å². The average molecular weight is 307 g/mol. The lowest BCUT2D eigenvalue weighted by Gasteiger charge is -2.12. The molecule has 0 aliphatic heterocycles. The summed E-state index contributed by atoms with van der Waals surface area (Å²) in [7, 11) is 1.63. The van der Waals surface area contributed by atoms with Crippen molar-refractivity contribution in [2.45, 2.75) is 6.92 Å². The van der Waals surface area contributed by atoms with Crippen LogP contribution in [0, 0.1) is 6.92 Å². The molecule has 0 aliphatic rings. The Kier molecular flexibility index (Phi) is 3.77. The molecule has 2 rings (SSSR count). The van der Waals surface area contributed by atoms with Crippen LogP contribution < -0.4 is 15.8 Å². The molecule has 0 bridgehead atoms. The Morgan fingerprint density at radius 2 is 1.94 bits per heavy atom. The van der Waals surface area contributed by atoms with E-state index in [2.05, 4.69) is 34.2 Å². The molecule has 0 spiro atoms. The zero-order chi connectivity index (χ0) is 13.1. The molecule has 0 fully saturated rings. The molecule has 0 saturated carbocycles. The van der Waals surface area contributed by atoms with E-state index >= 15 is 0 Å². The van der Waals surface area contributed by atoms with Crippen LogP contribution in [0.5, 0.6) is 5.75 Å². The lowest BCUT2D eigenvalue weighted by atomic mass is 10.2. The Hall–Kier alpha value is -1.68. The highest BCUT2D eigenvalue weighted by Gasteiger charge is 2.02. The number of nitrogens with two attached hydrogens (primary N) is 1. The number of aryl methyl sites for hydroxylation is 1. The average Bonchev–Trinajstić information content (AvgIpc) is 2.32. The SMILES string of the molecule is COc1cc(N)cc(Nc2ccc(Br)cc2C)c1. The van der Waals surface area contributed by atoms with Gasteiger partial charge in [-0.3, -0.25) is 0 Å². The number of hydrogen-bond donors (Lipinski definition) is 2. The number of ether oxygens (including phenoxy) is 1. The van der Waals surface area contributed by atoms with Crippen molar-refractivity contribution in [2.24, 2.45) is 0 Å². The molecule has 18 heavy (non-hydrogen) atoms. The summed E-state index contributed by atoms with van der Waals surface area (Å²) >= 11 is 3.45. The van der Waals surface area contributed by atoms with Crippen molar-refractivity contribution in [3.63, 3.8) is 0 Å². The molecule has 0 unspecified atom stereocenters. The van der Waals surface area contributed by atoms with Crippen molar-refractivity contribution in [1.29, 1.82) is 0 Å². The van der Waals surface area contributed by atoms with Gasteiger partial charge in [0.2, 0.25) is 0 Å². The minimum absolute atomic E-state index is 0.673. The fraction of sp³-hybridized carbons (Fsp3) is 0.143. The van der Waals surface area contributed by atoms with E-state index in [0.29, 0.717) is 5.69 Å². The minimum atomic E-state index is 0.673. The third-order valence-electron chi connectivity index (χ3n) is 2.63. The van der Waals surface area contributed by atoms with E-state index in [1.807, 2.05) is 24.3 Å². The van der Waals surface area contributed by atoms with Gasteiger partial charge in [0, 0.05) is 33.7 Å². The minimum Gasteiger partial charge on any atom is -0.497 e. The number of methoxy groups -OCH3 is 1. The Morgan fingerprint density at radius 1 is 1.17 bits per heavy atom. The number of halogens is 1. The Bertz CT molecular complexity index is 570. The molecule has 3 N–H and O–H groups in total. The first-order valence-corrected chi connectivity index (χ1v) is 6.35. The summed E-state index contributed by atoms with van der Waals surface area (Å²) in [4.78, 5) is 0. The van der Waals surface area contributed by atoms with Crippen LogP contribution in [0.2, 0.25) is 0 Å². The van der Waals surface area contributed by atoms with Gasteiger partial charge >= 0.3 is 0 Å². The normalized spacial score (nSPS) is 10.2. The van der Waals surface area contributed by atoms with E-state index in [1.54, 1.807) is 13.2 Å². The third kappa shape index (κ3) is 2.96. The highest BCUT2D eigenvalue weighted by atomic mass is 79.9. The van der Waals surface area contributed by atoms with Gasteiger partial charge in [-0.05, 0) is 36.8 Å². The number of nitrogens with one attached hydrogen (secondary N) is 1. The maximum absolute atomic E-state index is 5.82. The molecular formula is C14H15BrN2O. The summed E-state index contributed by atoms with van der Waals surface area (Å²) in [6.45, 7) is 2.05. The van der Waals surface area contributed by atoms with Crippen molar-refractivity contribution in [1.82, 2.24) is 0 Å². The van der Waals surface area contributed by atoms with Crippen LogP contribution in [0.1, 0.15) is 5.56 Å². The number of hydrogen-bond acceptors (Lipinski definition) is 3. The summed E-state index contributed by atoms with van der Waals surface area (Å²) in [6.07, 6.45) is 0. The molecule has 0 radical (unpaired) electrons. The van der Waals surface area contributed by atoms with Gasteiger partial charge < -0.3 is 15.8 Å². The fourth-order valence-corrected chi connectivity index (χ4v) is 2.21. The van der Waals surface area contributed by atoms with Gasteiger partial charge in [0.15, 0.2) is 0 Å². The Morgan fingerprint density at radius 3 is 2.61 bits per heavy atom. The van der Waals surface area contributed by atoms with Gasteiger partial charge in [0.05, 0.1) is 7.11 Å². The predicted molar refractivity (Wildman–Crippen MR) is 79.6 cm³/mol. The van der Waals surface area contributed by atoms with Gasteiger partial charge in [-0.15, -0.1) is 0 Å². The van der Waals surface area contributed by atoms with Crippen LogP contribution in [0.15, 0.2) is 40.9 Å². The lowest BCUT2D eigenvalue weighted by molar-refractivity contribution is 0.415. The second-order valence-electron chi connectivity index (χ2n) is 4.08. The summed E-state index contributed by atoms with van der Waals surface area (Å²) in [5.74, 6) is 0.743. The second kappa shape index (κ2) is 5.31. The van der Waals surface area contributed by atoms with Crippen LogP contribution in [-0.4, -0.2) is 7.11 Å². The van der Waals surface area contributed by atoms with Crippen molar-refractivity contribution in [3.8, 4) is 5.75 Å². The zero-order valence-electron chi connectivity index (χ0n) is 10.3. The summed E-state index contributed by atoms with van der Waals surface area (Å²) in [5.41, 5.74) is 9.62. The number of nitrogen functional groups attached to an aromatic ring is 1. The second-order valence-corrected chi connectivity index (χ2v) is 4.99. The van der Waals surface area contributed by atoms with E-state index < -0.39 is 0 Å². The molecule has 0 saturated heterocycles. The Balaban J connectivity index is 2.30. The Labute approximate surface area is 115 Å². The van der Waals surface area contributed by atoms with E-state index in [9.17, 15) is 0 Å². The first kappa shape index (κ1) is 12.8. The van der Waals surface area contributed by atoms with Crippen LogP contribution in [-0.2, 0) is 0 Å². The van der Waals surface area contributed by atoms with E-state index in [0.717, 1.165) is 27.2 Å². The molecule has 3 nitrogen and oxygen atoms in total. The fourth-order valence-electron chi connectivity index (χ4n) is 1.73. The van der Waals surface area contributed by atoms with Crippen LogP contribution in [0.4, 0.5) is 17.1 Å². The van der Waals surface area contributed by atoms with Crippen molar-refractivity contribution < 1.29 is 4.74 Å². The molecule has 2 aromatic carbocycles. The van der Waals surface area contributed by atoms with Crippen LogP contribution in [0.3, 0.4) is 0 Å². The predicted octanol–water partition coefficient (Wildman–Crippen LogP) is 4.09.